The lowest BCUT2D eigenvalue weighted by molar-refractivity contribution is -0.508. The summed E-state index contributed by atoms with van der Waals surface area (Å²) >= 11 is 0. The first kappa shape index (κ1) is 12.0. The summed E-state index contributed by atoms with van der Waals surface area (Å²) in [6.45, 7) is 0. The number of aromatic nitrogens is 1. The van der Waals surface area contributed by atoms with E-state index in [0.717, 1.165) is 33.1 Å². The molecule has 0 aliphatic rings. The molecule has 0 unspecified atom stereocenters. The van der Waals surface area contributed by atoms with Gasteiger partial charge in [-0.1, -0.05) is 18.2 Å². The lowest BCUT2D eigenvalue weighted by Crippen LogP contribution is -2.22. The second-order valence-corrected chi connectivity index (χ2v) is 5.15. The Labute approximate surface area is 122 Å². The highest BCUT2D eigenvalue weighted by atomic mass is 16.5. The Balaban J connectivity index is 2.21. The summed E-state index contributed by atoms with van der Waals surface area (Å²) in [6, 6.07) is 16.4. The van der Waals surface area contributed by atoms with Crippen molar-refractivity contribution in [3.05, 3.63) is 60.9 Å². The van der Waals surface area contributed by atoms with Crippen molar-refractivity contribution >= 4 is 32.7 Å². The smallest absolute Gasteiger partial charge is 0.242 e. The van der Waals surface area contributed by atoms with E-state index in [1.165, 1.54) is 5.39 Å². The van der Waals surface area contributed by atoms with Gasteiger partial charge in [0, 0.05) is 11.5 Å². The Kier molecular flexibility index (Phi) is 2.48. The van der Waals surface area contributed by atoms with Crippen LogP contribution in [0.4, 0.5) is 5.69 Å². The standard InChI is InChI=1S/C18H15N2O/c1-21-14-6-7-15-13(10-14)11-20-9-8-12-4-2-3-5-16(12)18(20)17(15)19/h2-11H,19H2,1H3/q+1. The molecule has 0 atom stereocenters. The third-order valence-corrected chi connectivity index (χ3v) is 3.97. The second-order valence-electron chi connectivity index (χ2n) is 5.15. The highest BCUT2D eigenvalue weighted by Gasteiger charge is 2.15. The number of hydrogen-bond donors (Lipinski definition) is 1. The molecule has 4 rings (SSSR count). The number of nitrogens with two attached hydrogens (primary N) is 1. The van der Waals surface area contributed by atoms with E-state index in [4.69, 9.17) is 10.5 Å². The Hall–Kier alpha value is -2.81. The zero-order valence-corrected chi connectivity index (χ0v) is 11.7. The lowest BCUT2D eigenvalue weighted by Gasteiger charge is -2.06. The molecule has 0 aliphatic carbocycles. The fourth-order valence-corrected chi connectivity index (χ4v) is 2.92. The van der Waals surface area contributed by atoms with E-state index < -0.39 is 0 Å². The molecule has 2 aromatic heterocycles. The first-order chi connectivity index (χ1) is 10.3. The fourth-order valence-electron chi connectivity index (χ4n) is 2.92. The van der Waals surface area contributed by atoms with Crippen LogP contribution in [0.3, 0.4) is 0 Å². The number of benzene rings is 2. The number of hydrogen-bond acceptors (Lipinski definition) is 2. The highest BCUT2D eigenvalue weighted by molar-refractivity contribution is 6.07. The van der Waals surface area contributed by atoms with E-state index in [9.17, 15) is 0 Å². The van der Waals surface area contributed by atoms with Crippen molar-refractivity contribution < 1.29 is 9.14 Å². The average Bonchev–Trinajstić information content (AvgIpc) is 2.54. The van der Waals surface area contributed by atoms with Crippen molar-refractivity contribution in [2.75, 3.05) is 12.8 Å². The number of nitrogen functional groups attached to an aromatic ring is 1. The number of methoxy groups -OCH3 is 1. The maximum absolute atomic E-state index is 6.45. The van der Waals surface area contributed by atoms with Gasteiger partial charge in [-0.3, -0.25) is 0 Å². The summed E-state index contributed by atoms with van der Waals surface area (Å²) in [5, 5.41) is 4.47. The number of nitrogens with zero attached hydrogens (tertiary/aromatic N) is 1. The van der Waals surface area contributed by atoms with Gasteiger partial charge in [0.25, 0.3) is 0 Å². The van der Waals surface area contributed by atoms with E-state index in [1.807, 2.05) is 36.5 Å². The minimum atomic E-state index is 0.798. The predicted octanol–water partition coefficient (Wildman–Crippen LogP) is 3.32. The molecule has 4 aromatic rings. The second kappa shape index (κ2) is 4.35. The van der Waals surface area contributed by atoms with Crippen LogP contribution in [0.5, 0.6) is 5.75 Å². The summed E-state index contributed by atoms with van der Waals surface area (Å²) in [5.74, 6) is 0.836. The molecule has 2 N–H and O–H groups in total. The average molecular weight is 275 g/mol. The number of anilines is 1. The van der Waals surface area contributed by atoms with E-state index in [1.54, 1.807) is 7.11 Å². The molecule has 0 amide bonds. The molecule has 0 aliphatic heterocycles. The molecule has 3 nitrogen and oxygen atoms in total. The van der Waals surface area contributed by atoms with Crippen LogP contribution in [0.15, 0.2) is 60.9 Å². The minimum Gasteiger partial charge on any atom is -0.497 e. The Morgan fingerprint density at radius 3 is 2.67 bits per heavy atom. The molecular formula is C18H15N2O+. The van der Waals surface area contributed by atoms with Gasteiger partial charge in [0.2, 0.25) is 5.52 Å². The quantitative estimate of drug-likeness (QED) is 0.329. The summed E-state index contributed by atoms with van der Waals surface area (Å²) in [6.07, 6.45) is 4.14. The van der Waals surface area contributed by atoms with Gasteiger partial charge < -0.3 is 10.5 Å². The van der Waals surface area contributed by atoms with E-state index >= 15 is 0 Å². The third-order valence-electron chi connectivity index (χ3n) is 3.97. The summed E-state index contributed by atoms with van der Waals surface area (Å²) in [4.78, 5) is 0. The largest absolute Gasteiger partial charge is 0.497 e. The highest BCUT2D eigenvalue weighted by Crippen LogP contribution is 2.29. The van der Waals surface area contributed by atoms with Crippen LogP contribution in [0.25, 0.3) is 27.1 Å². The topological polar surface area (TPSA) is 39.4 Å². The van der Waals surface area contributed by atoms with Gasteiger partial charge in [0.05, 0.1) is 17.9 Å². The van der Waals surface area contributed by atoms with E-state index in [2.05, 4.69) is 28.8 Å². The van der Waals surface area contributed by atoms with Crippen LogP contribution in [-0.4, -0.2) is 7.11 Å². The molecule has 0 bridgehead atoms. The monoisotopic (exact) mass is 275 g/mol. The van der Waals surface area contributed by atoms with Gasteiger partial charge in [-0.15, -0.1) is 0 Å². The first-order valence-electron chi connectivity index (χ1n) is 6.87. The molecule has 102 valence electrons. The Bertz CT molecular complexity index is 992. The number of fused-ring (bicyclic) bond motifs is 4. The predicted molar refractivity (Wildman–Crippen MR) is 85.6 cm³/mol. The molecule has 3 heteroatoms. The number of rotatable bonds is 1. The SMILES string of the molecule is COc1ccc2c(N)c3c4ccccc4cc[n+]3cc2c1. The molecule has 2 heterocycles. The maximum atomic E-state index is 6.45. The van der Waals surface area contributed by atoms with E-state index in [0.29, 0.717) is 0 Å². The molecule has 0 spiro atoms. The van der Waals surface area contributed by atoms with Gasteiger partial charge in [-0.2, -0.15) is 4.40 Å². The Morgan fingerprint density at radius 1 is 0.952 bits per heavy atom. The van der Waals surface area contributed by atoms with Crippen LogP contribution in [-0.2, 0) is 0 Å². The summed E-state index contributed by atoms with van der Waals surface area (Å²) in [5.41, 5.74) is 8.30. The van der Waals surface area contributed by atoms with Crippen molar-refractivity contribution in [3.63, 3.8) is 0 Å². The van der Waals surface area contributed by atoms with Crippen LogP contribution in [0, 0.1) is 0 Å². The number of ether oxygens (including phenoxy) is 1. The molecule has 21 heavy (non-hydrogen) atoms. The van der Waals surface area contributed by atoms with Crippen LogP contribution in [0.2, 0.25) is 0 Å². The van der Waals surface area contributed by atoms with Crippen LogP contribution in [0.1, 0.15) is 0 Å². The van der Waals surface area contributed by atoms with Gasteiger partial charge >= 0.3 is 0 Å². The van der Waals surface area contributed by atoms with Gasteiger partial charge in [0.1, 0.15) is 11.4 Å². The molecule has 0 saturated carbocycles. The zero-order chi connectivity index (χ0) is 14.4. The molecule has 0 saturated heterocycles. The van der Waals surface area contributed by atoms with Gasteiger partial charge in [0.15, 0.2) is 12.4 Å². The molecule has 0 radical (unpaired) electrons. The Morgan fingerprint density at radius 2 is 1.81 bits per heavy atom. The van der Waals surface area contributed by atoms with Crippen LogP contribution >= 0.6 is 0 Å². The van der Waals surface area contributed by atoms with Crippen molar-refractivity contribution in [2.45, 2.75) is 0 Å². The third kappa shape index (κ3) is 1.71. The first-order valence-corrected chi connectivity index (χ1v) is 6.87. The maximum Gasteiger partial charge on any atom is 0.242 e. The number of pyridine rings is 2. The lowest BCUT2D eigenvalue weighted by atomic mass is 10.1. The molecular weight excluding hydrogens is 260 g/mol. The normalized spacial score (nSPS) is 11.3. The van der Waals surface area contributed by atoms with Crippen molar-refractivity contribution in [2.24, 2.45) is 0 Å². The van der Waals surface area contributed by atoms with Gasteiger partial charge in [-0.05, 0) is 29.7 Å². The van der Waals surface area contributed by atoms with E-state index in [-0.39, 0.29) is 0 Å². The molecule has 0 fully saturated rings. The van der Waals surface area contributed by atoms with Crippen molar-refractivity contribution in [1.82, 2.24) is 0 Å². The summed E-state index contributed by atoms with van der Waals surface area (Å²) in [7, 11) is 1.67. The summed E-state index contributed by atoms with van der Waals surface area (Å²) < 4.78 is 7.38. The zero-order valence-electron chi connectivity index (χ0n) is 11.7. The van der Waals surface area contributed by atoms with Crippen molar-refractivity contribution in [1.29, 1.82) is 0 Å². The van der Waals surface area contributed by atoms with Crippen LogP contribution < -0.4 is 14.9 Å². The molecule has 2 aromatic carbocycles. The fraction of sp³-hybridized carbons (Fsp3) is 0.0556. The van der Waals surface area contributed by atoms with Gasteiger partial charge in [-0.25, -0.2) is 0 Å². The minimum absolute atomic E-state index is 0.798. The van der Waals surface area contributed by atoms with Crippen molar-refractivity contribution in [3.8, 4) is 5.75 Å².